The summed E-state index contributed by atoms with van der Waals surface area (Å²) in [4.78, 5) is 12.1. The number of aryl methyl sites for hydroxylation is 1. The molecule has 0 heterocycles. The molecule has 0 radical (unpaired) electrons. The summed E-state index contributed by atoms with van der Waals surface area (Å²) in [6.07, 6.45) is 1.50. The van der Waals surface area contributed by atoms with Gasteiger partial charge in [0.15, 0.2) is 0 Å². The first-order chi connectivity index (χ1) is 13.1. The number of amides is 1. The Labute approximate surface area is 157 Å². The molecule has 3 aromatic carbocycles. The number of para-hydroxylation sites is 1. The molecule has 1 amide bonds. The van der Waals surface area contributed by atoms with Crippen LogP contribution < -0.4 is 10.2 Å². The average molecular weight is 362 g/mol. The van der Waals surface area contributed by atoms with Crippen LogP contribution in [0, 0.1) is 12.7 Å². The predicted octanol–water partition coefficient (Wildman–Crippen LogP) is 4.48. The van der Waals surface area contributed by atoms with Gasteiger partial charge in [0.2, 0.25) is 0 Å². The van der Waals surface area contributed by atoms with E-state index in [4.69, 9.17) is 4.74 Å². The third-order valence-corrected chi connectivity index (χ3v) is 3.94. The van der Waals surface area contributed by atoms with Crippen molar-refractivity contribution >= 4 is 12.1 Å². The lowest BCUT2D eigenvalue weighted by molar-refractivity contribution is 0.0955. The minimum Gasteiger partial charge on any atom is -0.488 e. The van der Waals surface area contributed by atoms with E-state index < -0.39 is 0 Å². The highest BCUT2D eigenvalue weighted by atomic mass is 19.1. The molecule has 0 saturated carbocycles. The van der Waals surface area contributed by atoms with Crippen molar-refractivity contribution in [1.29, 1.82) is 0 Å². The van der Waals surface area contributed by atoms with Gasteiger partial charge in [-0.05, 0) is 37.3 Å². The predicted molar refractivity (Wildman–Crippen MR) is 103 cm³/mol. The highest BCUT2D eigenvalue weighted by molar-refractivity contribution is 5.95. The Morgan fingerprint density at radius 1 is 1.04 bits per heavy atom. The van der Waals surface area contributed by atoms with E-state index in [0.717, 1.165) is 5.56 Å². The quantitative estimate of drug-likeness (QED) is 0.519. The van der Waals surface area contributed by atoms with Gasteiger partial charge in [0.25, 0.3) is 5.91 Å². The fourth-order valence-electron chi connectivity index (χ4n) is 2.42. The molecule has 0 aliphatic carbocycles. The maximum atomic E-state index is 13.7. The van der Waals surface area contributed by atoms with Crippen molar-refractivity contribution in [1.82, 2.24) is 5.43 Å². The lowest BCUT2D eigenvalue weighted by Gasteiger charge is -2.09. The number of benzene rings is 3. The number of carbonyl (C=O) groups is 1. The molecule has 0 fully saturated rings. The Balaban J connectivity index is 1.65. The molecular weight excluding hydrogens is 343 g/mol. The molecule has 0 spiro atoms. The van der Waals surface area contributed by atoms with Crippen LogP contribution >= 0.6 is 0 Å². The fraction of sp³-hybridized carbons (Fsp3) is 0.0909. The molecule has 0 aromatic heterocycles. The van der Waals surface area contributed by atoms with Gasteiger partial charge in [0.05, 0.1) is 6.21 Å². The summed E-state index contributed by atoms with van der Waals surface area (Å²) in [5.74, 6) is -0.0564. The first-order valence-electron chi connectivity index (χ1n) is 8.49. The maximum absolute atomic E-state index is 13.7. The van der Waals surface area contributed by atoms with Gasteiger partial charge in [-0.3, -0.25) is 4.79 Å². The summed E-state index contributed by atoms with van der Waals surface area (Å²) < 4.78 is 19.4. The topological polar surface area (TPSA) is 50.7 Å². The summed E-state index contributed by atoms with van der Waals surface area (Å²) in [6.45, 7) is 2.06. The van der Waals surface area contributed by atoms with Crippen LogP contribution in [-0.4, -0.2) is 12.1 Å². The second kappa shape index (κ2) is 8.76. The van der Waals surface area contributed by atoms with Gasteiger partial charge in [-0.2, -0.15) is 5.10 Å². The Morgan fingerprint density at radius 2 is 1.74 bits per heavy atom. The van der Waals surface area contributed by atoms with Crippen LogP contribution in [0.1, 0.15) is 27.0 Å². The van der Waals surface area contributed by atoms with E-state index in [1.54, 1.807) is 42.5 Å². The van der Waals surface area contributed by atoms with Gasteiger partial charge in [-0.15, -0.1) is 0 Å². The zero-order valence-electron chi connectivity index (χ0n) is 14.9. The number of nitrogens with zero attached hydrogens (tertiary/aromatic N) is 1. The number of nitrogens with one attached hydrogen (secondary N) is 1. The fourth-order valence-corrected chi connectivity index (χ4v) is 2.42. The van der Waals surface area contributed by atoms with Gasteiger partial charge >= 0.3 is 0 Å². The molecule has 3 aromatic rings. The zero-order chi connectivity index (χ0) is 19.1. The molecular formula is C22H19FN2O2. The second-order valence-corrected chi connectivity index (χ2v) is 5.98. The maximum Gasteiger partial charge on any atom is 0.271 e. The number of hydrogen-bond donors (Lipinski definition) is 1. The van der Waals surface area contributed by atoms with Crippen molar-refractivity contribution in [3.8, 4) is 5.75 Å². The highest BCUT2D eigenvalue weighted by Gasteiger charge is 2.06. The van der Waals surface area contributed by atoms with E-state index in [2.05, 4.69) is 10.5 Å². The van der Waals surface area contributed by atoms with Gasteiger partial charge < -0.3 is 4.74 Å². The smallest absolute Gasteiger partial charge is 0.271 e. The number of ether oxygens (including phenoxy) is 1. The molecule has 0 aliphatic heterocycles. The zero-order valence-corrected chi connectivity index (χ0v) is 14.9. The van der Waals surface area contributed by atoms with Crippen molar-refractivity contribution in [2.45, 2.75) is 13.5 Å². The molecule has 0 saturated heterocycles. The molecule has 136 valence electrons. The first-order valence-corrected chi connectivity index (χ1v) is 8.49. The van der Waals surface area contributed by atoms with E-state index in [1.807, 2.05) is 31.2 Å². The lowest BCUT2D eigenvalue weighted by Crippen LogP contribution is -2.17. The van der Waals surface area contributed by atoms with Crippen LogP contribution in [0.4, 0.5) is 4.39 Å². The van der Waals surface area contributed by atoms with Crippen molar-refractivity contribution in [3.63, 3.8) is 0 Å². The summed E-state index contributed by atoms with van der Waals surface area (Å²) in [7, 11) is 0. The minimum atomic E-state index is -0.311. The van der Waals surface area contributed by atoms with E-state index in [9.17, 15) is 9.18 Å². The number of rotatable bonds is 6. The van der Waals surface area contributed by atoms with Crippen LogP contribution in [0.15, 0.2) is 77.9 Å². The largest absolute Gasteiger partial charge is 0.488 e. The summed E-state index contributed by atoms with van der Waals surface area (Å²) in [6, 6.07) is 20.9. The van der Waals surface area contributed by atoms with E-state index >= 15 is 0 Å². The number of carbonyl (C=O) groups excluding carboxylic acids is 1. The SMILES string of the molecule is Cc1ccc(C(=O)N/N=C\c2ccccc2OCc2ccccc2F)cc1. The van der Waals surface area contributed by atoms with Crippen LogP contribution in [0.3, 0.4) is 0 Å². The lowest BCUT2D eigenvalue weighted by atomic mass is 10.1. The van der Waals surface area contributed by atoms with Crippen LogP contribution in [0.25, 0.3) is 0 Å². The summed E-state index contributed by atoms with van der Waals surface area (Å²) in [5, 5.41) is 3.99. The van der Waals surface area contributed by atoms with E-state index in [-0.39, 0.29) is 18.3 Å². The van der Waals surface area contributed by atoms with Crippen molar-refractivity contribution in [2.24, 2.45) is 5.10 Å². The van der Waals surface area contributed by atoms with Crippen LogP contribution in [-0.2, 0) is 6.61 Å². The van der Waals surface area contributed by atoms with Gasteiger partial charge in [-0.25, -0.2) is 9.82 Å². The molecule has 0 atom stereocenters. The third-order valence-electron chi connectivity index (χ3n) is 3.94. The Kier molecular flexibility index (Phi) is 5.94. The molecule has 27 heavy (non-hydrogen) atoms. The van der Waals surface area contributed by atoms with Crippen LogP contribution in [0.2, 0.25) is 0 Å². The highest BCUT2D eigenvalue weighted by Crippen LogP contribution is 2.18. The molecule has 0 bridgehead atoms. The number of hydrogen-bond acceptors (Lipinski definition) is 3. The normalized spacial score (nSPS) is 10.7. The summed E-state index contributed by atoms with van der Waals surface area (Å²) >= 11 is 0. The Hall–Kier alpha value is -3.47. The average Bonchev–Trinajstić information content (AvgIpc) is 2.69. The van der Waals surface area contributed by atoms with E-state index in [1.165, 1.54) is 12.3 Å². The summed E-state index contributed by atoms with van der Waals surface area (Å²) in [5.41, 5.74) is 5.25. The van der Waals surface area contributed by atoms with E-state index in [0.29, 0.717) is 22.4 Å². The monoisotopic (exact) mass is 362 g/mol. The van der Waals surface area contributed by atoms with Gasteiger partial charge in [0, 0.05) is 16.7 Å². The molecule has 4 nitrogen and oxygen atoms in total. The molecule has 0 unspecified atom stereocenters. The van der Waals surface area contributed by atoms with Crippen molar-refractivity contribution in [3.05, 3.63) is 101 Å². The minimum absolute atomic E-state index is 0.104. The Morgan fingerprint density at radius 3 is 2.52 bits per heavy atom. The number of hydrazone groups is 1. The Bertz CT molecular complexity index is 953. The van der Waals surface area contributed by atoms with Crippen LogP contribution in [0.5, 0.6) is 5.75 Å². The number of halogens is 1. The molecule has 3 rings (SSSR count). The first kappa shape index (κ1) is 18.3. The van der Waals surface area contributed by atoms with Crippen molar-refractivity contribution < 1.29 is 13.9 Å². The molecule has 5 heteroatoms. The standard InChI is InChI=1S/C22H19FN2O2/c1-16-10-12-17(13-11-16)22(26)25-24-14-18-6-3-5-9-21(18)27-15-19-7-2-4-8-20(19)23/h2-14H,15H2,1H3,(H,25,26)/b24-14-. The third kappa shape index (κ3) is 5.01. The molecule has 0 aliphatic rings. The van der Waals surface area contributed by atoms with Crippen molar-refractivity contribution in [2.75, 3.05) is 0 Å². The van der Waals surface area contributed by atoms with Gasteiger partial charge in [0.1, 0.15) is 18.2 Å². The van der Waals surface area contributed by atoms with Gasteiger partial charge in [-0.1, -0.05) is 48.0 Å². The molecule has 1 N–H and O–H groups in total. The second-order valence-electron chi connectivity index (χ2n) is 5.98.